The number of nitrogens with zero attached hydrogens (tertiary/aromatic N) is 3. The van der Waals surface area contributed by atoms with Crippen LogP contribution in [0.5, 0.6) is 0 Å². The molecule has 4 N–H and O–H groups in total. The van der Waals surface area contributed by atoms with Crippen molar-refractivity contribution in [2.24, 2.45) is 0 Å². The van der Waals surface area contributed by atoms with Crippen molar-refractivity contribution >= 4 is 17.5 Å². The van der Waals surface area contributed by atoms with Crippen LogP contribution in [0.25, 0.3) is 0 Å². The second-order valence-corrected chi connectivity index (χ2v) is 3.29. The number of nitrogens with one attached hydrogen (secondary N) is 2. The van der Waals surface area contributed by atoms with Crippen molar-refractivity contribution in [2.45, 2.75) is 6.54 Å². The van der Waals surface area contributed by atoms with Crippen LogP contribution in [-0.2, 0) is 11.3 Å². The fraction of sp³-hybridized carbons (Fsp3) is 0.111. The molecule has 0 saturated carbocycles. The van der Waals surface area contributed by atoms with E-state index in [0.717, 1.165) is 0 Å². The van der Waals surface area contributed by atoms with E-state index in [2.05, 4.69) is 20.6 Å². The summed E-state index contributed by atoms with van der Waals surface area (Å²) in [5.41, 5.74) is 5.08. The number of rotatable bonds is 3. The highest BCUT2D eigenvalue weighted by molar-refractivity contribution is 5.89. The predicted molar refractivity (Wildman–Crippen MR) is 60.1 cm³/mol. The summed E-state index contributed by atoms with van der Waals surface area (Å²) < 4.78 is 1.40. The average Bonchev–Trinajstić information content (AvgIpc) is 2.67. The minimum absolute atomic E-state index is 0.0258. The van der Waals surface area contributed by atoms with Crippen molar-refractivity contribution in [3.8, 4) is 0 Å². The number of anilines is 2. The second-order valence-electron chi connectivity index (χ2n) is 3.29. The summed E-state index contributed by atoms with van der Waals surface area (Å²) in [5, 5.41) is 12.2. The van der Waals surface area contributed by atoms with Gasteiger partial charge in [0, 0.05) is 12.3 Å². The van der Waals surface area contributed by atoms with Crippen molar-refractivity contribution in [3.63, 3.8) is 0 Å². The van der Waals surface area contributed by atoms with Crippen LogP contribution >= 0.6 is 0 Å². The second kappa shape index (κ2) is 4.47. The van der Waals surface area contributed by atoms with Gasteiger partial charge in [0.25, 0.3) is 5.56 Å². The molecule has 2 aromatic rings. The summed E-state index contributed by atoms with van der Waals surface area (Å²) in [7, 11) is 0. The maximum Gasteiger partial charge on any atom is 0.264 e. The highest BCUT2D eigenvalue weighted by Crippen LogP contribution is 1.99. The molecule has 0 unspecified atom stereocenters. The van der Waals surface area contributed by atoms with Gasteiger partial charge in [0.15, 0.2) is 5.82 Å². The van der Waals surface area contributed by atoms with Gasteiger partial charge in [0.2, 0.25) is 5.91 Å². The molecule has 0 aromatic carbocycles. The first-order valence-electron chi connectivity index (χ1n) is 4.78. The van der Waals surface area contributed by atoms with Crippen LogP contribution in [0.1, 0.15) is 0 Å². The van der Waals surface area contributed by atoms with Crippen LogP contribution in [0, 0.1) is 0 Å². The lowest BCUT2D eigenvalue weighted by Gasteiger charge is -2.03. The fourth-order valence-corrected chi connectivity index (χ4v) is 1.21. The Labute approximate surface area is 95.4 Å². The predicted octanol–water partition coefficient (Wildman–Crippen LogP) is -0.813. The molecule has 1 amide bonds. The summed E-state index contributed by atoms with van der Waals surface area (Å²) in [6, 6.07) is 4.27. The van der Waals surface area contributed by atoms with Crippen molar-refractivity contribution in [1.82, 2.24) is 20.0 Å². The molecule has 8 heteroatoms. The van der Waals surface area contributed by atoms with Gasteiger partial charge in [-0.3, -0.25) is 14.3 Å². The molecule has 0 radical (unpaired) electrons. The molecule has 2 rings (SSSR count). The van der Waals surface area contributed by atoms with E-state index < -0.39 is 0 Å². The zero-order valence-electron chi connectivity index (χ0n) is 8.75. The Morgan fingerprint density at radius 1 is 1.47 bits per heavy atom. The third-order valence-electron chi connectivity index (χ3n) is 1.91. The number of carbonyl (C=O) groups is 1. The molecule has 0 bridgehead atoms. The Kier molecular flexibility index (Phi) is 2.86. The molecule has 2 aromatic heterocycles. The standard InChI is InChI=1S/C9H10N6O2/c10-6-3-4-15(14-6)5-9(17)11-7-1-2-8(16)13-12-7/h1-4H,5H2,(H2,10,14)(H,13,16)(H,11,12,17). The molecular formula is C9H10N6O2. The summed E-state index contributed by atoms with van der Waals surface area (Å²) in [5.74, 6) is 0.308. The van der Waals surface area contributed by atoms with Crippen LogP contribution in [0.4, 0.5) is 11.6 Å². The zero-order valence-corrected chi connectivity index (χ0v) is 8.75. The average molecular weight is 234 g/mol. The minimum atomic E-state index is -0.331. The third-order valence-corrected chi connectivity index (χ3v) is 1.91. The van der Waals surface area contributed by atoms with Crippen LogP contribution in [-0.4, -0.2) is 25.9 Å². The maximum atomic E-state index is 11.5. The van der Waals surface area contributed by atoms with Crippen LogP contribution in [0.2, 0.25) is 0 Å². The number of aromatic amines is 1. The topological polar surface area (TPSA) is 119 Å². The number of carbonyl (C=O) groups excluding carboxylic acids is 1. The molecule has 17 heavy (non-hydrogen) atoms. The lowest BCUT2D eigenvalue weighted by Crippen LogP contribution is -2.21. The third kappa shape index (κ3) is 2.91. The van der Waals surface area contributed by atoms with Gasteiger partial charge >= 0.3 is 0 Å². The van der Waals surface area contributed by atoms with Gasteiger partial charge in [-0.2, -0.15) is 10.2 Å². The number of hydrogen-bond donors (Lipinski definition) is 3. The Hall–Kier alpha value is -2.64. The Bertz CT molecular complexity index is 567. The smallest absolute Gasteiger partial charge is 0.264 e. The molecule has 0 aliphatic heterocycles. The number of nitrogen functional groups attached to an aromatic ring is 1. The number of aromatic nitrogens is 4. The molecule has 0 saturated heterocycles. The molecule has 8 nitrogen and oxygen atoms in total. The van der Waals surface area contributed by atoms with E-state index in [0.29, 0.717) is 5.82 Å². The highest BCUT2D eigenvalue weighted by atomic mass is 16.2. The first-order chi connectivity index (χ1) is 8.13. The fourth-order valence-electron chi connectivity index (χ4n) is 1.21. The molecule has 0 aliphatic rings. The first kappa shape index (κ1) is 10.9. The van der Waals surface area contributed by atoms with Crippen LogP contribution in [0.15, 0.2) is 29.2 Å². The summed E-state index contributed by atoms with van der Waals surface area (Å²) in [4.78, 5) is 22.3. The van der Waals surface area contributed by atoms with E-state index in [9.17, 15) is 9.59 Å². The maximum absolute atomic E-state index is 11.5. The number of nitrogens with two attached hydrogens (primary N) is 1. The minimum Gasteiger partial charge on any atom is -0.382 e. The van der Waals surface area contributed by atoms with Gasteiger partial charge in [-0.25, -0.2) is 5.10 Å². The van der Waals surface area contributed by atoms with Gasteiger partial charge in [0.1, 0.15) is 12.4 Å². The largest absolute Gasteiger partial charge is 0.382 e. The lowest BCUT2D eigenvalue weighted by molar-refractivity contribution is -0.116. The van der Waals surface area contributed by atoms with E-state index in [1.165, 1.54) is 16.8 Å². The molecule has 0 spiro atoms. The van der Waals surface area contributed by atoms with Gasteiger partial charge in [0.05, 0.1) is 0 Å². The highest BCUT2D eigenvalue weighted by Gasteiger charge is 2.05. The molecule has 0 aliphatic carbocycles. The van der Waals surface area contributed by atoms with E-state index in [1.54, 1.807) is 12.3 Å². The van der Waals surface area contributed by atoms with Crippen molar-refractivity contribution in [2.75, 3.05) is 11.1 Å². The van der Waals surface area contributed by atoms with Gasteiger partial charge < -0.3 is 11.1 Å². The normalized spacial score (nSPS) is 10.1. The first-order valence-corrected chi connectivity index (χ1v) is 4.78. The summed E-state index contributed by atoms with van der Waals surface area (Å²) >= 11 is 0. The number of amides is 1. The summed E-state index contributed by atoms with van der Waals surface area (Å²) in [6.45, 7) is 0.0258. The lowest BCUT2D eigenvalue weighted by atomic mass is 10.5. The quantitative estimate of drug-likeness (QED) is 0.641. The van der Waals surface area contributed by atoms with Crippen LogP contribution < -0.4 is 16.6 Å². The monoisotopic (exact) mass is 234 g/mol. The zero-order chi connectivity index (χ0) is 12.3. The van der Waals surface area contributed by atoms with Crippen molar-refractivity contribution < 1.29 is 4.79 Å². The molecule has 0 fully saturated rings. The molecule has 88 valence electrons. The van der Waals surface area contributed by atoms with Crippen molar-refractivity contribution in [1.29, 1.82) is 0 Å². The van der Waals surface area contributed by atoms with Gasteiger partial charge in [-0.1, -0.05) is 0 Å². The van der Waals surface area contributed by atoms with E-state index in [-0.39, 0.29) is 23.8 Å². The Morgan fingerprint density at radius 3 is 2.88 bits per heavy atom. The Balaban J connectivity index is 1.97. The van der Waals surface area contributed by atoms with E-state index >= 15 is 0 Å². The van der Waals surface area contributed by atoms with E-state index in [1.807, 2.05) is 0 Å². The SMILES string of the molecule is Nc1ccn(CC(=O)Nc2ccc(=O)[nH]n2)n1. The van der Waals surface area contributed by atoms with Gasteiger partial charge in [-0.15, -0.1) is 0 Å². The van der Waals surface area contributed by atoms with E-state index in [4.69, 9.17) is 5.73 Å². The van der Waals surface area contributed by atoms with Crippen molar-refractivity contribution in [3.05, 3.63) is 34.7 Å². The molecule has 0 atom stereocenters. The molecular weight excluding hydrogens is 224 g/mol. The Morgan fingerprint density at radius 2 is 2.29 bits per heavy atom. The van der Waals surface area contributed by atoms with Gasteiger partial charge in [-0.05, 0) is 12.1 Å². The molecule has 2 heterocycles. The number of H-pyrrole nitrogens is 1. The summed E-state index contributed by atoms with van der Waals surface area (Å²) in [6.07, 6.45) is 1.59. The number of hydrogen-bond acceptors (Lipinski definition) is 5. The van der Waals surface area contributed by atoms with Crippen LogP contribution in [0.3, 0.4) is 0 Å².